The van der Waals surface area contributed by atoms with Crippen LogP contribution < -0.4 is 20.3 Å². The second-order valence-corrected chi connectivity index (χ2v) is 7.78. The van der Waals surface area contributed by atoms with E-state index < -0.39 is 6.61 Å². The zero-order chi connectivity index (χ0) is 19.9. The summed E-state index contributed by atoms with van der Waals surface area (Å²) in [6, 6.07) is 9.10. The Balaban J connectivity index is 0.00000300. The molecule has 0 atom stereocenters. The van der Waals surface area contributed by atoms with Gasteiger partial charge in [-0.25, -0.2) is 0 Å². The molecule has 0 amide bonds. The number of thiophene rings is 1. The number of hydrogen-bond acceptors (Lipinski definition) is 4. The van der Waals surface area contributed by atoms with Gasteiger partial charge in [-0.2, -0.15) is 8.78 Å². The number of nitrogens with zero attached hydrogens (tertiary/aromatic N) is 2. The quantitative estimate of drug-likeness (QED) is 0.300. The molecule has 3 rings (SSSR count). The molecule has 1 aromatic carbocycles. The van der Waals surface area contributed by atoms with E-state index in [1.807, 2.05) is 0 Å². The molecular formula is C19H24ClF2IN4OS. The number of aliphatic imine (C=N–C) groups is 1. The largest absolute Gasteiger partial charge is 0.434 e. The highest BCUT2D eigenvalue weighted by molar-refractivity contribution is 14.0. The van der Waals surface area contributed by atoms with Gasteiger partial charge in [0.05, 0.1) is 5.00 Å². The van der Waals surface area contributed by atoms with Gasteiger partial charge in [0.25, 0.3) is 0 Å². The predicted octanol–water partition coefficient (Wildman–Crippen LogP) is 4.95. The fraction of sp³-hybridized carbons (Fsp3) is 0.421. The van der Waals surface area contributed by atoms with Crippen molar-refractivity contribution in [2.45, 2.75) is 32.0 Å². The lowest BCUT2D eigenvalue weighted by atomic mass is 10.1. The van der Waals surface area contributed by atoms with Crippen molar-refractivity contribution >= 4 is 57.9 Å². The third-order valence-electron chi connectivity index (χ3n) is 4.56. The highest BCUT2D eigenvalue weighted by atomic mass is 127. The Morgan fingerprint density at radius 2 is 2.10 bits per heavy atom. The molecule has 0 aliphatic carbocycles. The van der Waals surface area contributed by atoms with Crippen LogP contribution in [0.15, 0.2) is 40.7 Å². The summed E-state index contributed by atoms with van der Waals surface area (Å²) in [6.07, 6.45) is 1.99. The minimum atomic E-state index is -2.88. The van der Waals surface area contributed by atoms with Gasteiger partial charge in [0, 0.05) is 43.3 Å². The fourth-order valence-electron chi connectivity index (χ4n) is 3.16. The SMILES string of the molecule is CN=C(NCc1cc(Cl)ccc1OC(F)F)NC1CCN(c2cccs2)CC1.I. The molecule has 5 nitrogen and oxygen atoms in total. The molecule has 1 aliphatic heterocycles. The third kappa shape index (κ3) is 7.14. The van der Waals surface area contributed by atoms with Crippen molar-refractivity contribution in [2.75, 3.05) is 25.0 Å². The molecule has 2 aromatic rings. The monoisotopic (exact) mass is 556 g/mol. The summed E-state index contributed by atoms with van der Waals surface area (Å²) in [5.74, 6) is 0.726. The molecule has 10 heteroatoms. The van der Waals surface area contributed by atoms with Crippen LogP contribution in [0.1, 0.15) is 18.4 Å². The Morgan fingerprint density at radius 1 is 1.34 bits per heavy atom. The Morgan fingerprint density at radius 3 is 2.72 bits per heavy atom. The normalized spacial score (nSPS) is 15.2. The lowest BCUT2D eigenvalue weighted by Crippen LogP contribution is -2.48. The average molecular weight is 557 g/mol. The van der Waals surface area contributed by atoms with E-state index in [-0.39, 0.29) is 36.3 Å². The van der Waals surface area contributed by atoms with Gasteiger partial charge in [-0.1, -0.05) is 11.6 Å². The molecular weight excluding hydrogens is 533 g/mol. The first-order valence-corrected chi connectivity index (χ1v) is 10.3. The summed E-state index contributed by atoms with van der Waals surface area (Å²) >= 11 is 7.75. The van der Waals surface area contributed by atoms with E-state index in [0.29, 0.717) is 22.6 Å². The minimum absolute atomic E-state index is 0. The van der Waals surface area contributed by atoms with Crippen molar-refractivity contribution in [2.24, 2.45) is 4.99 Å². The van der Waals surface area contributed by atoms with Gasteiger partial charge in [-0.05, 0) is 48.6 Å². The van der Waals surface area contributed by atoms with E-state index in [1.54, 1.807) is 24.5 Å². The Labute approximate surface area is 195 Å². The number of anilines is 1. The van der Waals surface area contributed by atoms with Gasteiger partial charge < -0.3 is 20.3 Å². The highest BCUT2D eigenvalue weighted by Gasteiger charge is 2.21. The van der Waals surface area contributed by atoms with Gasteiger partial charge >= 0.3 is 6.61 Å². The topological polar surface area (TPSA) is 48.9 Å². The number of ether oxygens (including phenoxy) is 1. The summed E-state index contributed by atoms with van der Waals surface area (Å²) in [6.45, 7) is -0.645. The number of piperidine rings is 1. The van der Waals surface area contributed by atoms with Crippen LogP contribution in [0.3, 0.4) is 0 Å². The summed E-state index contributed by atoms with van der Waals surface area (Å²) in [4.78, 5) is 6.63. The van der Waals surface area contributed by atoms with E-state index >= 15 is 0 Å². The highest BCUT2D eigenvalue weighted by Crippen LogP contribution is 2.26. The van der Waals surface area contributed by atoms with Crippen LogP contribution in [0.5, 0.6) is 5.75 Å². The smallest absolute Gasteiger partial charge is 0.387 e. The lowest BCUT2D eigenvalue weighted by molar-refractivity contribution is -0.0504. The third-order valence-corrected chi connectivity index (χ3v) is 5.73. The molecule has 1 aliphatic rings. The standard InChI is InChI=1S/C19H23ClF2N4OS.HI/c1-23-19(24-12-13-11-14(20)4-5-16(13)27-18(21)22)25-15-6-8-26(9-7-15)17-3-2-10-28-17;/h2-5,10-11,15,18H,6-9,12H2,1H3,(H2,23,24,25);1H. The van der Waals surface area contributed by atoms with Crippen molar-refractivity contribution in [3.05, 3.63) is 46.3 Å². The van der Waals surface area contributed by atoms with Gasteiger partial charge in [0.1, 0.15) is 5.75 Å². The zero-order valence-electron chi connectivity index (χ0n) is 15.9. The second-order valence-electron chi connectivity index (χ2n) is 6.41. The number of guanidine groups is 1. The molecule has 2 heterocycles. The van der Waals surface area contributed by atoms with Crippen LogP contribution in [0.2, 0.25) is 5.02 Å². The predicted molar refractivity (Wildman–Crippen MR) is 126 cm³/mol. The van der Waals surface area contributed by atoms with Crippen molar-refractivity contribution in [3.63, 3.8) is 0 Å². The molecule has 2 N–H and O–H groups in total. The number of nitrogens with one attached hydrogen (secondary N) is 2. The van der Waals surface area contributed by atoms with Gasteiger partial charge in [-0.3, -0.25) is 4.99 Å². The maximum atomic E-state index is 12.6. The van der Waals surface area contributed by atoms with Crippen LogP contribution in [-0.4, -0.2) is 38.8 Å². The van der Waals surface area contributed by atoms with E-state index in [4.69, 9.17) is 11.6 Å². The van der Waals surface area contributed by atoms with Crippen molar-refractivity contribution in [3.8, 4) is 5.75 Å². The molecule has 1 aromatic heterocycles. The maximum Gasteiger partial charge on any atom is 0.387 e. The molecule has 0 spiro atoms. The van der Waals surface area contributed by atoms with Gasteiger partial charge in [-0.15, -0.1) is 35.3 Å². The molecule has 0 bridgehead atoms. The molecule has 1 fully saturated rings. The first-order valence-electron chi connectivity index (χ1n) is 9.04. The van der Waals surface area contributed by atoms with Crippen LogP contribution in [0, 0.1) is 0 Å². The minimum Gasteiger partial charge on any atom is -0.434 e. The van der Waals surface area contributed by atoms with Crippen molar-refractivity contribution < 1.29 is 13.5 Å². The number of alkyl halides is 2. The van der Waals surface area contributed by atoms with Crippen molar-refractivity contribution in [1.29, 1.82) is 0 Å². The molecule has 0 saturated carbocycles. The molecule has 1 saturated heterocycles. The van der Waals surface area contributed by atoms with Gasteiger partial charge in [0.2, 0.25) is 0 Å². The molecule has 160 valence electrons. The van der Waals surface area contributed by atoms with Crippen LogP contribution in [-0.2, 0) is 6.54 Å². The molecule has 0 radical (unpaired) electrons. The number of rotatable bonds is 6. The molecule has 0 unspecified atom stereocenters. The Kier molecular flexibility index (Phi) is 9.70. The van der Waals surface area contributed by atoms with Crippen LogP contribution in [0.4, 0.5) is 13.8 Å². The summed E-state index contributed by atoms with van der Waals surface area (Å²) in [5.41, 5.74) is 0.545. The van der Waals surface area contributed by atoms with E-state index in [0.717, 1.165) is 25.9 Å². The first-order chi connectivity index (χ1) is 13.5. The number of benzene rings is 1. The number of halogens is 4. The molecule has 29 heavy (non-hydrogen) atoms. The van der Waals surface area contributed by atoms with Crippen LogP contribution >= 0.6 is 46.9 Å². The first kappa shape index (κ1) is 23.9. The summed E-state index contributed by atoms with van der Waals surface area (Å²) in [5, 5.41) is 10.4. The van der Waals surface area contributed by atoms with Crippen molar-refractivity contribution in [1.82, 2.24) is 10.6 Å². The fourth-order valence-corrected chi connectivity index (χ4v) is 4.14. The van der Waals surface area contributed by atoms with E-state index in [2.05, 4.69) is 42.8 Å². The lowest BCUT2D eigenvalue weighted by Gasteiger charge is -2.33. The second kappa shape index (κ2) is 11.8. The number of hydrogen-bond donors (Lipinski definition) is 2. The Bertz CT molecular complexity index is 787. The van der Waals surface area contributed by atoms with E-state index in [9.17, 15) is 8.78 Å². The zero-order valence-corrected chi connectivity index (χ0v) is 19.8. The van der Waals surface area contributed by atoms with E-state index in [1.165, 1.54) is 17.1 Å². The Hall–Kier alpha value is -1.33. The average Bonchev–Trinajstić information content (AvgIpc) is 3.22. The maximum absolute atomic E-state index is 12.6. The summed E-state index contributed by atoms with van der Waals surface area (Å²) < 4.78 is 29.8. The van der Waals surface area contributed by atoms with Crippen LogP contribution in [0.25, 0.3) is 0 Å². The summed E-state index contributed by atoms with van der Waals surface area (Å²) in [7, 11) is 1.69. The van der Waals surface area contributed by atoms with Gasteiger partial charge in [0.15, 0.2) is 5.96 Å².